The van der Waals surface area contributed by atoms with Crippen LogP contribution in [0.1, 0.15) is 87.9 Å². The van der Waals surface area contributed by atoms with Crippen molar-refractivity contribution in [1.82, 2.24) is 0 Å². The minimum Gasteiger partial charge on any atom is -0.494 e. The van der Waals surface area contributed by atoms with Gasteiger partial charge in [0.05, 0.1) is 18.8 Å². The van der Waals surface area contributed by atoms with Crippen LogP contribution in [0.4, 0.5) is 0 Å². The van der Waals surface area contributed by atoms with Crippen LogP contribution in [0.5, 0.6) is 17.2 Å². The van der Waals surface area contributed by atoms with E-state index in [0.717, 1.165) is 24.5 Å². The molecule has 179 valence electrons. The number of rotatable bonds is 14. The highest BCUT2D eigenvalue weighted by Crippen LogP contribution is 2.25. The van der Waals surface area contributed by atoms with Crippen molar-refractivity contribution >= 4 is 5.97 Å². The van der Waals surface area contributed by atoms with E-state index >= 15 is 0 Å². The van der Waals surface area contributed by atoms with Crippen LogP contribution in [-0.2, 0) is 0 Å². The standard InChI is InChI=1S/C29H39O4/c1-2-3-4-5-6-7-11-22-31-26-16-14-25(15-17-26)29(30)33-28-20-18-27(19-21-28)32-23-24-12-9-8-10-13-24/h8,14-21,24H,2-7,9-13,22-23H2,1H3. The van der Waals surface area contributed by atoms with Crippen molar-refractivity contribution in [2.45, 2.75) is 77.6 Å². The summed E-state index contributed by atoms with van der Waals surface area (Å²) < 4.78 is 17.2. The fourth-order valence-corrected chi connectivity index (χ4v) is 4.08. The van der Waals surface area contributed by atoms with Gasteiger partial charge in [0, 0.05) is 0 Å². The fraction of sp³-hybridized carbons (Fsp3) is 0.517. The van der Waals surface area contributed by atoms with Gasteiger partial charge in [0.1, 0.15) is 17.2 Å². The number of unbranched alkanes of at least 4 members (excludes halogenated alkanes) is 6. The molecule has 0 unspecified atom stereocenters. The minimum atomic E-state index is -0.374. The van der Waals surface area contributed by atoms with Gasteiger partial charge in [0.15, 0.2) is 0 Å². The third kappa shape index (κ3) is 9.49. The molecule has 0 bridgehead atoms. The summed E-state index contributed by atoms with van der Waals surface area (Å²) in [6.07, 6.45) is 16.0. The Bertz CT molecular complexity index is 791. The first-order valence-electron chi connectivity index (χ1n) is 12.7. The van der Waals surface area contributed by atoms with Crippen LogP contribution in [0.2, 0.25) is 0 Å². The monoisotopic (exact) mass is 451 g/mol. The van der Waals surface area contributed by atoms with Gasteiger partial charge in [-0.15, -0.1) is 0 Å². The molecule has 1 radical (unpaired) electrons. The van der Waals surface area contributed by atoms with Gasteiger partial charge in [-0.2, -0.15) is 0 Å². The summed E-state index contributed by atoms with van der Waals surface area (Å²) in [4.78, 5) is 12.5. The zero-order chi connectivity index (χ0) is 23.1. The fourth-order valence-electron chi connectivity index (χ4n) is 4.08. The maximum atomic E-state index is 12.5. The van der Waals surface area contributed by atoms with Gasteiger partial charge in [-0.1, -0.05) is 45.4 Å². The first kappa shape index (κ1) is 25.1. The molecule has 0 amide bonds. The van der Waals surface area contributed by atoms with Crippen molar-refractivity contribution in [2.24, 2.45) is 5.92 Å². The second-order valence-corrected chi connectivity index (χ2v) is 8.98. The Labute approximate surface area is 199 Å². The van der Waals surface area contributed by atoms with Gasteiger partial charge >= 0.3 is 5.97 Å². The Balaban J connectivity index is 1.34. The highest BCUT2D eigenvalue weighted by molar-refractivity contribution is 5.91. The SMILES string of the molecule is CCCCCCCCCOc1ccc(C(=O)Oc2ccc(OCC3CC[CH]CC3)cc2)cc1. The molecule has 4 heteroatoms. The molecule has 0 heterocycles. The van der Waals surface area contributed by atoms with E-state index in [1.807, 2.05) is 24.3 Å². The average Bonchev–Trinajstić information content (AvgIpc) is 2.86. The van der Waals surface area contributed by atoms with Crippen LogP contribution in [0.25, 0.3) is 0 Å². The van der Waals surface area contributed by atoms with E-state index in [1.165, 1.54) is 64.2 Å². The summed E-state index contributed by atoms with van der Waals surface area (Å²) in [7, 11) is 0. The molecule has 33 heavy (non-hydrogen) atoms. The lowest BCUT2D eigenvalue weighted by molar-refractivity contribution is 0.0734. The summed E-state index contributed by atoms with van der Waals surface area (Å²) in [5.41, 5.74) is 0.507. The molecule has 2 aromatic rings. The summed E-state index contributed by atoms with van der Waals surface area (Å²) in [5, 5.41) is 0. The third-order valence-corrected chi connectivity index (χ3v) is 6.18. The minimum absolute atomic E-state index is 0.374. The molecule has 2 aromatic carbocycles. The second-order valence-electron chi connectivity index (χ2n) is 8.98. The van der Waals surface area contributed by atoms with Crippen LogP contribution < -0.4 is 14.2 Å². The van der Waals surface area contributed by atoms with Crippen molar-refractivity contribution in [3.05, 3.63) is 60.5 Å². The van der Waals surface area contributed by atoms with Crippen molar-refractivity contribution in [1.29, 1.82) is 0 Å². The predicted molar refractivity (Wildman–Crippen MR) is 133 cm³/mol. The zero-order valence-electron chi connectivity index (χ0n) is 20.1. The van der Waals surface area contributed by atoms with E-state index in [1.54, 1.807) is 24.3 Å². The van der Waals surface area contributed by atoms with E-state index < -0.39 is 0 Å². The van der Waals surface area contributed by atoms with Gasteiger partial charge in [0.2, 0.25) is 0 Å². The lowest BCUT2D eigenvalue weighted by atomic mass is 9.90. The summed E-state index contributed by atoms with van der Waals surface area (Å²) in [6, 6.07) is 14.4. The smallest absolute Gasteiger partial charge is 0.343 e. The van der Waals surface area contributed by atoms with Crippen LogP contribution in [0, 0.1) is 12.3 Å². The third-order valence-electron chi connectivity index (χ3n) is 6.18. The topological polar surface area (TPSA) is 44.8 Å². The highest BCUT2D eigenvalue weighted by Gasteiger charge is 2.14. The molecule has 1 aliphatic rings. The van der Waals surface area contributed by atoms with Gasteiger partial charge in [-0.3, -0.25) is 0 Å². The number of benzene rings is 2. The Morgan fingerprint density at radius 1 is 0.758 bits per heavy atom. The summed E-state index contributed by atoms with van der Waals surface area (Å²) in [6.45, 7) is 3.70. The molecular formula is C29H39O4. The Morgan fingerprint density at radius 3 is 2.03 bits per heavy atom. The first-order chi connectivity index (χ1) is 16.2. The Morgan fingerprint density at radius 2 is 1.33 bits per heavy atom. The zero-order valence-corrected chi connectivity index (χ0v) is 20.1. The highest BCUT2D eigenvalue weighted by atomic mass is 16.5. The van der Waals surface area contributed by atoms with Crippen LogP contribution in [0.3, 0.4) is 0 Å². The average molecular weight is 452 g/mol. The number of ether oxygens (including phenoxy) is 3. The maximum Gasteiger partial charge on any atom is 0.343 e. The number of carbonyl (C=O) groups excluding carboxylic acids is 1. The molecule has 0 atom stereocenters. The molecule has 3 rings (SSSR count). The number of hydrogen-bond acceptors (Lipinski definition) is 4. The molecule has 1 aliphatic carbocycles. The normalized spacial score (nSPS) is 14.1. The molecule has 4 nitrogen and oxygen atoms in total. The first-order valence-corrected chi connectivity index (χ1v) is 12.7. The number of esters is 1. The maximum absolute atomic E-state index is 12.5. The molecule has 1 saturated carbocycles. The van der Waals surface area contributed by atoms with Crippen LogP contribution >= 0.6 is 0 Å². The Kier molecular flexibility index (Phi) is 11.1. The quantitative estimate of drug-likeness (QED) is 0.167. The number of carbonyl (C=O) groups is 1. The van der Waals surface area contributed by atoms with Crippen molar-refractivity contribution < 1.29 is 19.0 Å². The van der Waals surface area contributed by atoms with Crippen molar-refractivity contribution in [3.63, 3.8) is 0 Å². The van der Waals surface area contributed by atoms with E-state index in [4.69, 9.17) is 14.2 Å². The second kappa shape index (κ2) is 14.6. The van der Waals surface area contributed by atoms with Gasteiger partial charge in [-0.05, 0) is 93.0 Å². The van der Waals surface area contributed by atoms with E-state index in [0.29, 0.717) is 23.8 Å². The van der Waals surface area contributed by atoms with Crippen molar-refractivity contribution in [3.8, 4) is 17.2 Å². The van der Waals surface area contributed by atoms with Crippen molar-refractivity contribution in [2.75, 3.05) is 13.2 Å². The van der Waals surface area contributed by atoms with Gasteiger partial charge in [0.25, 0.3) is 0 Å². The van der Waals surface area contributed by atoms with E-state index in [2.05, 4.69) is 13.3 Å². The predicted octanol–water partition coefficient (Wildman–Crippen LogP) is 7.81. The molecular weight excluding hydrogens is 412 g/mol. The summed E-state index contributed by atoms with van der Waals surface area (Å²) in [5.74, 6) is 2.37. The lowest BCUT2D eigenvalue weighted by Gasteiger charge is -2.21. The van der Waals surface area contributed by atoms with E-state index in [9.17, 15) is 4.79 Å². The molecule has 0 N–H and O–H groups in total. The van der Waals surface area contributed by atoms with Gasteiger partial charge < -0.3 is 14.2 Å². The molecule has 0 aromatic heterocycles. The molecule has 0 aliphatic heterocycles. The molecule has 1 fully saturated rings. The van der Waals surface area contributed by atoms with E-state index in [-0.39, 0.29) is 5.97 Å². The lowest BCUT2D eigenvalue weighted by Crippen LogP contribution is -2.15. The number of hydrogen-bond donors (Lipinski definition) is 0. The Hall–Kier alpha value is -2.49. The largest absolute Gasteiger partial charge is 0.494 e. The molecule has 0 spiro atoms. The van der Waals surface area contributed by atoms with Crippen LogP contribution in [0.15, 0.2) is 48.5 Å². The summed E-state index contributed by atoms with van der Waals surface area (Å²) >= 11 is 0. The molecule has 0 saturated heterocycles. The van der Waals surface area contributed by atoms with Crippen LogP contribution in [-0.4, -0.2) is 19.2 Å². The van der Waals surface area contributed by atoms with Gasteiger partial charge in [-0.25, -0.2) is 4.79 Å².